The summed E-state index contributed by atoms with van der Waals surface area (Å²) < 4.78 is 5.57. The van der Waals surface area contributed by atoms with Crippen LogP contribution in [0.1, 0.15) is 32.3 Å². The molecule has 0 saturated heterocycles. The summed E-state index contributed by atoms with van der Waals surface area (Å²) in [4.78, 5) is 23.8. The van der Waals surface area contributed by atoms with Crippen molar-refractivity contribution in [3.8, 4) is 5.75 Å². The van der Waals surface area contributed by atoms with Crippen LogP contribution in [0.15, 0.2) is 54.6 Å². The fourth-order valence-electron chi connectivity index (χ4n) is 2.28. The summed E-state index contributed by atoms with van der Waals surface area (Å²) in [6.45, 7) is 4.20. The van der Waals surface area contributed by atoms with E-state index < -0.39 is 5.54 Å². The van der Waals surface area contributed by atoms with Crippen molar-refractivity contribution in [3.05, 3.63) is 60.2 Å². The van der Waals surface area contributed by atoms with E-state index in [1.807, 2.05) is 54.6 Å². The summed E-state index contributed by atoms with van der Waals surface area (Å²) in [5, 5.41) is 5.64. The van der Waals surface area contributed by atoms with Crippen LogP contribution in [0.4, 0.5) is 5.69 Å². The number of carbonyl (C=O) groups excluding carboxylic acids is 2. The lowest BCUT2D eigenvalue weighted by molar-refractivity contribution is -0.125. The molecule has 2 aromatic rings. The Kier molecular flexibility index (Phi) is 7.37. The minimum atomic E-state index is -0.905. The Bertz CT molecular complexity index is 738. The van der Waals surface area contributed by atoms with Gasteiger partial charge in [0.2, 0.25) is 11.8 Å². The first kappa shape index (κ1) is 20.5. The molecule has 0 aliphatic heterocycles. The smallest absolute Gasteiger partial charge is 0.239 e. The number of ether oxygens (including phenoxy) is 1. The van der Waals surface area contributed by atoms with E-state index in [4.69, 9.17) is 10.5 Å². The van der Waals surface area contributed by atoms with E-state index in [2.05, 4.69) is 10.6 Å². The standard InChI is InChI=1S/C21H27N3O3/c1-21(2,22)20(26)23-15-16-10-12-17(13-11-16)24-19(25)9-6-14-27-18-7-4-3-5-8-18/h3-5,7-8,10-13H,6,9,14-15,22H2,1-2H3,(H,23,26)(H,24,25). The molecule has 0 heterocycles. The summed E-state index contributed by atoms with van der Waals surface area (Å²) in [6, 6.07) is 16.9. The monoisotopic (exact) mass is 369 g/mol. The second-order valence-electron chi connectivity index (χ2n) is 6.91. The maximum Gasteiger partial charge on any atom is 0.239 e. The molecule has 6 heteroatoms. The Morgan fingerprint density at radius 2 is 1.70 bits per heavy atom. The minimum Gasteiger partial charge on any atom is -0.494 e. The second kappa shape index (κ2) is 9.73. The van der Waals surface area contributed by atoms with Gasteiger partial charge in [0, 0.05) is 18.7 Å². The van der Waals surface area contributed by atoms with E-state index in [0.717, 1.165) is 17.0 Å². The summed E-state index contributed by atoms with van der Waals surface area (Å²) in [5.41, 5.74) is 6.48. The van der Waals surface area contributed by atoms with Crippen molar-refractivity contribution in [3.63, 3.8) is 0 Å². The topological polar surface area (TPSA) is 93.5 Å². The molecule has 0 aromatic heterocycles. The lowest BCUT2D eigenvalue weighted by atomic mass is 10.1. The van der Waals surface area contributed by atoms with Crippen LogP contribution in [0, 0.1) is 0 Å². The molecule has 0 radical (unpaired) electrons. The maximum atomic E-state index is 12.0. The molecule has 27 heavy (non-hydrogen) atoms. The number of hydrogen-bond acceptors (Lipinski definition) is 4. The molecule has 144 valence electrons. The highest BCUT2D eigenvalue weighted by atomic mass is 16.5. The van der Waals surface area contributed by atoms with E-state index in [1.165, 1.54) is 0 Å². The SMILES string of the molecule is CC(C)(N)C(=O)NCc1ccc(NC(=O)CCCOc2ccccc2)cc1. The number of anilines is 1. The lowest BCUT2D eigenvalue weighted by Crippen LogP contribution is -2.48. The Morgan fingerprint density at radius 1 is 1.04 bits per heavy atom. The molecule has 0 aliphatic rings. The molecule has 0 fully saturated rings. The number of nitrogens with two attached hydrogens (primary N) is 1. The molecule has 0 spiro atoms. The Hall–Kier alpha value is -2.86. The predicted octanol–water partition coefficient (Wildman–Crippen LogP) is 2.84. The highest BCUT2D eigenvalue weighted by molar-refractivity contribution is 5.90. The summed E-state index contributed by atoms with van der Waals surface area (Å²) in [5.74, 6) is 0.536. The van der Waals surface area contributed by atoms with Crippen molar-refractivity contribution in [2.45, 2.75) is 38.8 Å². The van der Waals surface area contributed by atoms with Crippen molar-refractivity contribution in [2.75, 3.05) is 11.9 Å². The van der Waals surface area contributed by atoms with Gasteiger partial charge < -0.3 is 21.1 Å². The van der Waals surface area contributed by atoms with Gasteiger partial charge >= 0.3 is 0 Å². The quantitative estimate of drug-likeness (QED) is 0.593. The van der Waals surface area contributed by atoms with Crippen LogP contribution in [0.2, 0.25) is 0 Å². The van der Waals surface area contributed by atoms with Crippen LogP contribution in [0.3, 0.4) is 0 Å². The fourth-order valence-corrected chi connectivity index (χ4v) is 2.28. The van der Waals surface area contributed by atoms with Gasteiger partial charge in [-0.05, 0) is 50.1 Å². The van der Waals surface area contributed by atoms with Crippen LogP contribution >= 0.6 is 0 Å². The lowest BCUT2D eigenvalue weighted by Gasteiger charge is -2.17. The van der Waals surface area contributed by atoms with Gasteiger partial charge in [0.05, 0.1) is 12.1 Å². The van der Waals surface area contributed by atoms with E-state index in [1.54, 1.807) is 13.8 Å². The van der Waals surface area contributed by atoms with Crippen LogP contribution in [0.25, 0.3) is 0 Å². The number of amides is 2. The Labute approximate surface area is 160 Å². The molecule has 0 bridgehead atoms. The van der Waals surface area contributed by atoms with Gasteiger partial charge in [-0.3, -0.25) is 9.59 Å². The van der Waals surface area contributed by atoms with Crippen LogP contribution in [-0.4, -0.2) is 24.0 Å². The first-order valence-corrected chi connectivity index (χ1v) is 8.98. The normalized spacial score (nSPS) is 10.9. The maximum absolute atomic E-state index is 12.0. The number of nitrogens with one attached hydrogen (secondary N) is 2. The number of carbonyl (C=O) groups is 2. The molecule has 0 saturated carbocycles. The van der Waals surface area contributed by atoms with Crippen LogP contribution < -0.4 is 21.1 Å². The number of para-hydroxylation sites is 1. The number of hydrogen-bond donors (Lipinski definition) is 3. The average Bonchev–Trinajstić information content (AvgIpc) is 2.64. The van der Waals surface area contributed by atoms with E-state index in [0.29, 0.717) is 26.0 Å². The highest BCUT2D eigenvalue weighted by Crippen LogP contribution is 2.12. The number of benzene rings is 2. The Balaban J connectivity index is 1.69. The molecule has 2 aromatic carbocycles. The molecule has 0 unspecified atom stereocenters. The zero-order valence-electron chi connectivity index (χ0n) is 15.8. The van der Waals surface area contributed by atoms with Crippen molar-refractivity contribution in [1.82, 2.24) is 5.32 Å². The van der Waals surface area contributed by atoms with Crippen molar-refractivity contribution < 1.29 is 14.3 Å². The van der Waals surface area contributed by atoms with Crippen molar-refractivity contribution in [2.24, 2.45) is 5.73 Å². The minimum absolute atomic E-state index is 0.0578. The highest BCUT2D eigenvalue weighted by Gasteiger charge is 2.20. The van der Waals surface area contributed by atoms with Gasteiger partial charge in [0.15, 0.2) is 0 Å². The molecule has 0 atom stereocenters. The van der Waals surface area contributed by atoms with Crippen molar-refractivity contribution >= 4 is 17.5 Å². The first-order chi connectivity index (χ1) is 12.8. The van der Waals surface area contributed by atoms with Gasteiger partial charge in [-0.1, -0.05) is 30.3 Å². The van der Waals surface area contributed by atoms with E-state index in [9.17, 15) is 9.59 Å². The van der Waals surface area contributed by atoms with E-state index >= 15 is 0 Å². The van der Waals surface area contributed by atoms with Gasteiger partial charge in [-0.25, -0.2) is 0 Å². The second-order valence-corrected chi connectivity index (χ2v) is 6.91. The molecular formula is C21H27N3O3. The summed E-state index contributed by atoms with van der Waals surface area (Å²) in [6.07, 6.45) is 1.02. The third-order valence-corrected chi connectivity index (χ3v) is 3.84. The zero-order valence-corrected chi connectivity index (χ0v) is 15.8. The zero-order chi connectivity index (χ0) is 19.7. The molecule has 0 aliphatic carbocycles. The van der Waals surface area contributed by atoms with Crippen LogP contribution in [-0.2, 0) is 16.1 Å². The third-order valence-electron chi connectivity index (χ3n) is 3.84. The molecule has 4 N–H and O–H groups in total. The summed E-state index contributed by atoms with van der Waals surface area (Å²) in [7, 11) is 0. The first-order valence-electron chi connectivity index (χ1n) is 8.98. The summed E-state index contributed by atoms with van der Waals surface area (Å²) >= 11 is 0. The van der Waals surface area contributed by atoms with E-state index in [-0.39, 0.29) is 11.8 Å². The Morgan fingerprint density at radius 3 is 2.33 bits per heavy atom. The van der Waals surface area contributed by atoms with Crippen LogP contribution in [0.5, 0.6) is 5.75 Å². The molecular weight excluding hydrogens is 342 g/mol. The molecule has 2 rings (SSSR count). The largest absolute Gasteiger partial charge is 0.494 e. The van der Waals surface area contributed by atoms with Gasteiger partial charge in [0.25, 0.3) is 0 Å². The van der Waals surface area contributed by atoms with Gasteiger partial charge in [0.1, 0.15) is 5.75 Å². The molecule has 6 nitrogen and oxygen atoms in total. The number of rotatable bonds is 9. The third kappa shape index (κ3) is 7.50. The van der Waals surface area contributed by atoms with Crippen molar-refractivity contribution in [1.29, 1.82) is 0 Å². The van der Waals surface area contributed by atoms with Gasteiger partial charge in [-0.2, -0.15) is 0 Å². The molecule has 2 amide bonds. The van der Waals surface area contributed by atoms with Gasteiger partial charge in [-0.15, -0.1) is 0 Å². The predicted molar refractivity (Wildman–Crippen MR) is 106 cm³/mol. The fraction of sp³-hybridized carbons (Fsp3) is 0.333. The average molecular weight is 369 g/mol.